The molecule has 0 amide bonds. The molecule has 0 bridgehead atoms. The minimum Gasteiger partial charge on any atom is -0.478 e. The highest BCUT2D eigenvalue weighted by Gasteiger charge is 2.16. The van der Waals surface area contributed by atoms with E-state index in [0.717, 1.165) is 6.20 Å². The van der Waals surface area contributed by atoms with Crippen molar-refractivity contribution in [3.63, 3.8) is 0 Å². The number of rotatable bonds is 2. The average molecular weight is 212 g/mol. The molecule has 2 rings (SSSR count). The number of imidazole rings is 1. The van der Waals surface area contributed by atoms with Gasteiger partial charge >= 0.3 is 5.97 Å². The summed E-state index contributed by atoms with van der Waals surface area (Å²) in [6, 6.07) is 2.79. The summed E-state index contributed by atoms with van der Waals surface area (Å²) in [4.78, 5) is 14.3. The number of halogens is 2. The highest BCUT2D eigenvalue weighted by atomic mass is 19.3. The summed E-state index contributed by atoms with van der Waals surface area (Å²) in [5, 5.41) is 8.79. The van der Waals surface area contributed by atoms with Gasteiger partial charge < -0.3 is 9.51 Å². The fraction of sp³-hybridized carbons (Fsp3) is 0.111. The molecule has 2 heterocycles. The number of aromatic carboxylic acids is 1. The Morgan fingerprint density at radius 3 is 2.87 bits per heavy atom. The number of hydrogen-bond donors (Lipinski definition) is 1. The quantitative estimate of drug-likeness (QED) is 0.827. The van der Waals surface area contributed by atoms with Crippen molar-refractivity contribution in [3.05, 3.63) is 35.8 Å². The lowest BCUT2D eigenvalue weighted by Gasteiger charge is -1.96. The van der Waals surface area contributed by atoms with Gasteiger partial charge in [-0.15, -0.1) is 0 Å². The molecule has 0 saturated heterocycles. The van der Waals surface area contributed by atoms with Crippen molar-refractivity contribution in [2.75, 3.05) is 0 Å². The van der Waals surface area contributed by atoms with Crippen molar-refractivity contribution in [1.82, 2.24) is 9.38 Å². The Morgan fingerprint density at radius 1 is 1.53 bits per heavy atom. The van der Waals surface area contributed by atoms with E-state index in [-0.39, 0.29) is 11.2 Å². The summed E-state index contributed by atoms with van der Waals surface area (Å²) in [6.07, 6.45) is -0.112. The molecule has 2 aromatic heterocycles. The monoisotopic (exact) mass is 212 g/mol. The Balaban J connectivity index is 2.70. The van der Waals surface area contributed by atoms with Crippen molar-refractivity contribution in [2.45, 2.75) is 6.43 Å². The maximum absolute atomic E-state index is 12.3. The maximum Gasteiger partial charge on any atom is 0.339 e. The molecule has 0 atom stereocenters. The number of nitrogens with zero attached hydrogens (tertiary/aromatic N) is 2. The van der Waals surface area contributed by atoms with Crippen LogP contribution in [0.4, 0.5) is 8.78 Å². The fourth-order valence-corrected chi connectivity index (χ4v) is 1.30. The molecule has 0 aliphatic carbocycles. The number of fused-ring (bicyclic) bond motifs is 1. The molecule has 2 aromatic rings. The smallest absolute Gasteiger partial charge is 0.339 e. The SMILES string of the molecule is O=C(O)c1cccn2cc(C(F)F)nc12. The number of hydrogen-bond acceptors (Lipinski definition) is 2. The number of alkyl halides is 2. The van der Waals surface area contributed by atoms with Crippen molar-refractivity contribution in [2.24, 2.45) is 0 Å². The van der Waals surface area contributed by atoms with E-state index in [9.17, 15) is 13.6 Å². The molecular weight excluding hydrogens is 206 g/mol. The van der Waals surface area contributed by atoms with Gasteiger partial charge in [0.05, 0.1) is 0 Å². The minimum atomic E-state index is -2.70. The lowest BCUT2D eigenvalue weighted by atomic mass is 10.3. The second-order valence-corrected chi connectivity index (χ2v) is 2.92. The topological polar surface area (TPSA) is 54.6 Å². The summed E-state index contributed by atoms with van der Waals surface area (Å²) in [7, 11) is 0. The molecule has 0 spiro atoms. The number of carbonyl (C=O) groups is 1. The summed E-state index contributed by atoms with van der Waals surface area (Å²) < 4.78 is 25.9. The maximum atomic E-state index is 12.3. The van der Waals surface area contributed by atoms with E-state index < -0.39 is 18.1 Å². The fourth-order valence-electron chi connectivity index (χ4n) is 1.30. The number of pyridine rings is 1. The molecule has 0 radical (unpaired) electrons. The van der Waals surface area contributed by atoms with Gasteiger partial charge in [-0.25, -0.2) is 18.6 Å². The van der Waals surface area contributed by atoms with Crippen LogP contribution in [0.3, 0.4) is 0 Å². The van der Waals surface area contributed by atoms with Crippen molar-refractivity contribution in [1.29, 1.82) is 0 Å². The van der Waals surface area contributed by atoms with Gasteiger partial charge in [-0.1, -0.05) is 0 Å². The van der Waals surface area contributed by atoms with Gasteiger partial charge in [-0.05, 0) is 12.1 Å². The second kappa shape index (κ2) is 3.30. The summed E-state index contributed by atoms with van der Waals surface area (Å²) >= 11 is 0. The van der Waals surface area contributed by atoms with E-state index in [0.29, 0.717) is 0 Å². The predicted octanol–water partition coefficient (Wildman–Crippen LogP) is 1.97. The summed E-state index contributed by atoms with van der Waals surface area (Å²) in [5.41, 5.74) is -0.492. The molecule has 0 fully saturated rings. The first-order valence-electron chi connectivity index (χ1n) is 4.08. The molecule has 4 nitrogen and oxygen atoms in total. The molecule has 0 unspecified atom stereocenters. The molecule has 0 aliphatic rings. The van der Waals surface area contributed by atoms with E-state index in [1.165, 1.54) is 22.7 Å². The zero-order chi connectivity index (χ0) is 11.0. The van der Waals surface area contributed by atoms with Crippen LogP contribution in [0.25, 0.3) is 5.65 Å². The van der Waals surface area contributed by atoms with Crippen LogP contribution in [0, 0.1) is 0 Å². The van der Waals surface area contributed by atoms with Gasteiger partial charge in [0.1, 0.15) is 11.3 Å². The van der Waals surface area contributed by atoms with Gasteiger partial charge in [0.2, 0.25) is 0 Å². The third kappa shape index (κ3) is 1.54. The molecule has 0 aliphatic heterocycles. The number of aromatic nitrogens is 2. The Kier molecular flexibility index (Phi) is 2.11. The van der Waals surface area contributed by atoms with E-state index in [4.69, 9.17) is 5.11 Å². The zero-order valence-electron chi connectivity index (χ0n) is 7.39. The standard InChI is InChI=1S/C9H6F2N2O2/c10-7(11)6-4-13-3-1-2-5(9(14)15)8(13)12-6/h1-4,7H,(H,14,15). The third-order valence-electron chi connectivity index (χ3n) is 1.96. The highest BCUT2D eigenvalue weighted by Crippen LogP contribution is 2.19. The Bertz CT molecular complexity index is 522. The van der Waals surface area contributed by atoms with Gasteiger partial charge in [0.25, 0.3) is 6.43 Å². The number of carboxylic acid groups (broad SMARTS) is 1. The van der Waals surface area contributed by atoms with Gasteiger partial charge in [0, 0.05) is 12.4 Å². The number of carboxylic acids is 1. The van der Waals surface area contributed by atoms with Gasteiger partial charge in [0.15, 0.2) is 5.65 Å². The van der Waals surface area contributed by atoms with Crippen LogP contribution in [0.1, 0.15) is 22.5 Å². The molecule has 78 valence electrons. The Labute approximate surface area is 82.8 Å². The highest BCUT2D eigenvalue weighted by molar-refractivity contribution is 5.94. The van der Waals surface area contributed by atoms with Crippen molar-refractivity contribution in [3.8, 4) is 0 Å². The first-order valence-corrected chi connectivity index (χ1v) is 4.08. The van der Waals surface area contributed by atoms with Crippen LogP contribution < -0.4 is 0 Å². The molecule has 15 heavy (non-hydrogen) atoms. The zero-order valence-corrected chi connectivity index (χ0v) is 7.39. The lowest BCUT2D eigenvalue weighted by Crippen LogP contribution is -1.99. The summed E-state index contributed by atoms with van der Waals surface area (Å²) in [5.74, 6) is -1.19. The van der Waals surface area contributed by atoms with Crippen LogP contribution in [0.15, 0.2) is 24.5 Å². The molecule has 6 heteroatoms. The lowest BCUT2D eigenvalue weighted by molar-refractivity contribution is 0.0698. The van der Waals surface area contributed by atoms with E-state index in [2.05, 4.69) is 4.98 Å². The molecule has 1 N–H and O–H groups in total. The molecule has 0 aromatic carbocycles. The third-order valence-corrected chi connectivity index (χ3v) is 1.96. The van der Waals surface area contributed by atoms with Gasteiger partial charge in [-0.3, -0.25) is 0 Å². The first-order chi connectivity index (χ1) is 7.09. The van der Waals surface area contributed by atoms with E-state index >= 15 is 0 Å². The largest absolute Gasteiger partial charge is 0.478 e. The normalized spacial score (nSPS) is 11.1. The van der Waals surface area contributed by atoms with E-state index in [1.807, 2.05) is 0 Å². The molecule has 0 saturated carbocycles. The van der Waals surface area contributed by atoms with Crippen LogP contribution in [-0.2, 0) is 0 Å². The van der Waals surface area contributed by atoms with E-state index in [1.54, 1.807) is 0 Å². The second-order valence-electron chi connectivity index (χ2n) is 2.92. The average Bonchev–Trinajstić information content (AvgIpc) is 2.60. The van der Waals surface area contributed by atoms with Crippen LogP contribution >= 0.6 is 0 Å². The van der Waals surface area contributed by atoms with Crippen molar-refractivity contribution < 1.29 is 18.7 Å². The Morgan fingerprint density at radius 2 is 2.27 bits per heavy atom. The predicted molar refractivity (Wildman–Crippen MR) is 47.1 cm³/mol. The van der Waals surface area contributed by atoms with Crippen LogP contribution in [0.2, 0.25) is 0 Å². The van der Waals surface area contributed by atoms with Gasteiger partial charge in [-0.2, -0.15) is 0 Å². The molecular formula is C9H6F2N2O2. The van der Waals surface area contributed by atoms with Crippen LogP contribution in [-0.4, -0.2) is 20.5 Å². The van der Waals surface area contributed by atoms with Crippen LogP contribution in [0.5, 0.6) is 0 Å². The van der Waals surface area contributed by atoms with Crippen molar-refractivity contribution >= 4 is 11.6 Å². The first kappa shape index (κ1) is 9.57. The summed E-state index contributed by atoms with van der Waals surface area (Å²) in [6.45, 7) is 0. The minimum absolute atomic E-state index is 0.0281. The Hall–Kier alpha value is -1.98.